The normalized spacial score (nSPS) is 25.0. The zero-order chi connectivity index (χ0) is 16.5. The predicted octanol–water partition coefficient (Wildman–Crippen LogP) is 7.52. The van der Waals surface area contributed by atoms with Gasteiger partial charge in [-0.15, -0.1) is 0 Å². The Bertz CT molecular complexity index is 209. The molecule has 2 saturated carbocycles. The van der Waals surface area contributed by atoms with Crippen molar-refractivity contribution in [1.29, 1.82) is 0 Å². The fourth-order valence-corrected chi connectivity index (χ4v) is 3.61. The van der Waals surface area contributed by atoms with Gasteiger partial charge in [0.1, 0.15) is 7.28 Å². The lowest BCUT2D eigenvalue weighted by molar-refractivity contribution is 0.233. The van der Waals surface area contributed by atoms with Crippen LogP contribution in [0.5, 0.6) is 0 Å². The van der Waals surface area contributed by atoms with Gasteiger partial charge in [-0.2, -0.15) is 0 Å². The molecular weight excluding hydrogens is 251 g/mol. The average Bonchev–Trinajstić information content (AvgIpc) is 2.48. The predicted molar refractivity (Wildman–Crippen MR) is 100 cm³/mol. The van der Waals surface area contributed by atoms with Gasteiger partial charge in [-0.05, 0) is 36.5 Å². The maximum Gasteiger partial charge on any atom is 0.117 e. The summed E-state index contributed by atoms with van der Waals surface area (Å²) >= 11 is 0. The van der Waals surface area contributed by atoms with Crippen molar-refractivity contribution in [3.63, 3.8) is 0 Å². The fraction of sp³-hybridized carbons (Fsp3) is 1.00. The van der Waals surface area contributed by atoms with Crippen molar-refractivity contribution in [2.45, 2.75) is 118 Å². The first kappa shape index (κ1) is 21.1. The Morgan fingerprint density at radius 1 is 0.571 bits per heavy atom. The van der Waals surface area contributed by atoms with Crippen molar-refractivity contribution in [3.8, 4) is 0 Å². The first-order chi connectivity index (χ1) is 9.86. The average molecular weight is 293 g/mol. The van der Waals surface area contributed by atoms with Crippen LogP contribution in [-0.2, 0) is 0 Å². The molecule has 1 heteroatoms. The highest BCUT2D eigenvalue weighted by molar-refractivity contribution is 6.39. The molecule has 0 saturated heterocycles. The summed E-state index contributed by atoms with van der Waals surface area (Å²) in [6.07, 6.45) is 11.6. The van der Waals surface area contributed by atoms with E-state index < -0.39 is 0 Å². The second-order valence-corrected chi connectivity index (χ2v) is 8.20. The molecule has 2 rings (SSSR count). The first-order valence-electron chi connectivity index (χ1n) is 9.71. The minimum Gasteiger partial charge on any atom is -0.0685 e. The van der Waals surface area contributed by atoms with Gasteiger partial charge < -0.3 is 0 Å². The Morgan fingerprint density at radius 2 is 0.810 bits per heavy atom. The van der Waals surface area contributed by atoms with Crippen LogP contribution < -0.4 is 0 Å². The third-order valence-corrected chi connectivity index (χ3v) is 5.31. The Labute approximate surface area is 137 Å². The van der Waals surface area contributed by atoms with E-state index in [1.807, 2.05) is 27.7 Å². The summed E-state index contributed by atoms with van der Waals surface area (Å²) in [6.45, 7) is 17.7. The van der Waals surface area contributed by atoms with Crippen LogP contribution in [0.4, 0.5) is 0 Å². The van der Waals surface area contributed by atoms with Gasteiger partial charge in [-0.25, -0.2) is 0 Å². The minimum atomic E-state index is 0.624. The maximum absolute atomic E-state index is 2.74. The van der Waals surface area contributed by atoms with E-state index in [1.54, 1.807) is 0 Å². The highest BCUT2D eigenvalue weighted by Crippen LogP contribution is 2.45. The summed E-state index contributed by atoms with van der Waals surface area (Å²) < 4.78 is 0. The molecule has 0 aromatic heterocycles. The highest BCUT2D eigenvalue weighted by atomic mass is 14.3. The zero-order valence-corrected chi connectivity index (χ0v) is 16.4. The van der Waals surface area contributed by atoms with Crippen LogP contribution in [-0.4, -0.2) is 7.28 Å². The van der Waals surface area contributed by atoms with E-state index in [9.17, 15) is 0 Å². The first-order valence-corrected chi connectivity index (χ1v) is 9.71. The largest absolute Gasteiger partial charge is 0.117 e. The van der Waals surface area contributed by atoms with Gasteiger partial charge in [-0.1, -0.05) is 92.7 Å². The van der Waals surface area contributed by atoms with Gasteiger partial charge in [0.2, 0.25) is 0 Å². The van der Waals surface area contributed by atoms with E-state index in [0.717, 1.165) is 11.6 Å². The van der Waals surface area contributed by atoms with E-state index in [1.165, 1.54) is 51.4 Å². The van der Waals surface area contributed by atoms with Gasteiger partial charge in [0.05, 0.1) is 0 Å². The number of rotatable bonds is 2. The maximum atomic E-state index is 2.74. The summed E-state index contributed by atoms with van der Waals surface area (Å²) in [6, 6.07) is 0. The number of hydrogen-bond acceptors (Lipinski definition) is 0. The van der Waals surface area contributed by atoms with E-state index in [2.05, 4.69) is 35.0 Å². The molecule has 0 aliphatic heterocycles. The summed E-state index contributed by atoms with van der Waals surface area (Å²) in [5.41, 5.74) is 1.25. The topological polar surface area (TPSA) is 0 Å². The van der Waals surface area contributed by atoms with Crippen LogP contribution in [0.2, 0.25) is 11.6 Å². The molecule has 0 N–H and O–H groups in total. The Kier molecular flexibility index (Phi) is 9.99. The van der Waals surface area contributed by atoms with Crippen molar-refractivity contribution in [2.75, 3.05) is 0 Å². The van der Waals surface area contributed by atoms with Crippen molar-refractivity contribution in [1.82, 2.24) is 0 Å². The molecule has 0 aromatic carbocycles. The van der Waals surface area contributed by atoms with Gasteiger partial charge in [0, 0.05) is 0 Å². The summed E-state index contributed by atoms with van der Waals surface area (Å²) in [5.74, 6) is 1.88. The van der Waals surface area contributed by atoms with Crippen molar-refractivity contribution in [3.05, 3.63) is 0 Å². The van der Waals surface area contributed by atoms with E-state index in [0.29, 0.717) is 10.8 Å². The minimum absolute atomic E-state index is 0.624. The van der Waals surface area contributed by atoms with Gasteiger partial charge in [-0.3, -0.25) is 0 Å². The molecule has 0 nitrogen and oxygen atoms in total. The molecule has 125 valence electrons. The molecule has 0 aromatic rings. The molecule has 0 unspecified atom stereocenters. The van der Waals surface area contributed by atoms with Gasteiger partial charge >= 0.3 is 0 Å². The second-order valence-electron chi connectivity index (χ2n) is 8.20. The van der Waals surface area contributed by atoms with Crippen molar-refractivity contribution in [2.24, 2.45) is 10.8 Å². The van der Waals surface area contributed by atoms with Crippen LogP contribution in [0.3, 0.4) is 0 Å². The molecule has 2 aliphatic rings. The fourth-order valence-electron chi connectivity index (χ4n) is 3.61. The summed E-state index contributed by atoms with van der Waals surface area (Å²) in [4.78, 5) is 0. The SMILES string of the molecule is CC.CC.CC1(C)CCC([B]C2CCC(C)(C)CC2)CC1. The zero-order valence-electron chi connectivity index (χ0n) is 16.4. The summed E-state index contributed by atoms with van der Waals surface area (Å²) in [7, 11) is 2.74. The van der Waals surface area contributed by atoms with Gasteiger partial charge in [0.25, 0.3) is 0 Å². The lowest BCUT2D eigenvalue weighted by Crippen LogP contribution is -2.26. The second kappa shape index (κ2) is 9.96. The van der Waals surface area contributed by atoms with Crippen LogP contribution >= 0.6 is 0 Å². The molecular formula is C20H42B. The molecule has 0 bridgehead atoms. The van der Waals surface area contributed by atoms with Crippen molar-refractivity contribution >= 4 is 7.28 Å². The molecule has 0 spiro atoms. The smallest absolute Gasteiger partial charge is 0.0685 e. The third-order valence-electron chi connectivity index (χ3n) is 5.31. The lowest BCUT2D eigenvalue weighted by atomic mass is 9.46. The van der Waals surface area contributed by atoms with E-state index in [-0.39, 0.29) is 0 Å². The third kappa shape index (κ3) is 8.31. The molecule has 2 aliphatic carbocycles. The van der Waals surface area contributed by atoms with Crippen LogP contribution in [0, 0.1) is 10.8 Å². The highest BCUT2D eigenvalue weighted by Gasteiger charge is 2.32. The standard InChI is InChI=1S/C16H30B.2C2H6/c1-15(2)9-5-13(6-10-15)17-14-7-11-16(3,4)12-8-14;2*1-2/h13-14H,5-12H2,1-4H3;2*1-2H3. The Morgan fingerprint density at radius 3 is 1.05 bits per heavy atom. The Hall–Kier alpha value is 0.0649. The van der Waals surface area contributed by atoms with Gasteiger partial charge in [0.15, 0.2) is 0 Å². The van der Waals surface area contributed by atoms with Crippen molar-refractivity contribution < 1.29 is 0 Å². The van der Waals surface area contributed by atoms with Crippen LogP contribution in [0.25, 0.3) is 0 Å². The quantitative estimate of drug-likeness (QED) is 0.462. The molecule has 0 atom stereocenters. The molecule has 1 radical (unpaired) electrons. The van der Waals surface area contributed by atoms with Crippen LogP contribution in [0.15, 0.2) is 0 Å². The molecule has 0 heterocycles. The lowest BCUT2D eigenvalue weighted by Gasteiger charge is -2.38. The molecule has 2 fully saturated rings. The van der Waals surface area contributed by atoms with E-state index in [4.69, 9.17) is 0 Å². The monoisotopic (exact) mass is 293 g/mol. The molecule has 0 amide bonds. The number of hydrogen-bond donors (Lipinski definition) is 0. The van der Waals surface area contributed by atoms with E-state index >= 15 is 0 Å². The van der Waals surface area contributed by atoms with Crippen LogP contribution in [0.1, 0.15) is 107 Å². The summed E-state index contributed by atoms with van der Waals surface area (Å²) in [5, 5.41) is 0. The molecule has 21 heavy (non-hydrogen) atoms. The Balaban J connectivity index is 0.000000921.